The van der Waals surface area contributed by atoms with E-state index in [0.29, 0.717) is 25.9 Å². The summed E-state index contributed by atoms with van der Waals surface area (Å²) in [5, 5.41) is 5.00. The van der Waals surface area contributed by atoms with Crippen LogP contribution in [0, 0.1) is 0 Å². The highest BCUT2D eigenvalue weighted by Gasteiger charge is 2.41. The van der Waals surface area contributed by atoms with E-state index < -0.39 is 104 Å². The number of anilines is 2. The van der Waals surface area contributed by atoms with Crippen molar-refractivity contribution in [3.63, 3.8) is 0 Å². The van der Waals surface area contributed by atoms with Gasteiger partial charge in [0, 0.05) is 19.6 Å². The lowest BCUT2D eigenvalue weighted by Crippen LogP contribution is -2.49. The molecular weight excluding hydrogens is 841 g/mol. The number of aromatic nitrogens is 4. The Labute approximate surface area is 373 Å². The van der Waals surface area contributed by atoms with Crippen molar-refractivity contribution in [2.45, 2.75) is 178 Å². The lowest BCUT2D eigenvalue weighted by atomic mass is 10.2. The summed E-state index contributed by atoms with van der Waals surface area (Å²) in [6.45, 7) is 28.0. The van der Waals surface area contributed by atoms with Crippen molar-refractivity contribution >= 4 is 59.4 Å². The van der Waals surface area contributed by atoms with E-state index in [9.17, 15) is 38.4 Å². The van der Waals surface area contributed by atoms with Gasteiger partial charge in [0.1, 0.15) is 39.0 Å². The average molecular weight is 909 g/mol. The molecule has 2 aromatic heterocycles. The second-order valence-corrected chi connectivity index (χ2v) is 20.6. The molecule has 0 atom stereocenters. The molecule has 64 heavy (non-hydrogen) atoms. The number of alkyl carbamates (subject to hydrolysis) is 1. The number of ether oxygens (including phenoxy) is 6. The lowest BCUT2D eigenvalue weighted by Gasteiger charge is -2.30. The standard InChI is InChI=1S/C42H68N8O14/c1-37(2,3)59-30(52)44-22-20-19-21-43-23-24-47-26-25(28(51)49(31(47)53)34(56)62-40(10,11)12)27(48(32(54)60-38(4,5)6)33(55)61-39(7,8)9)46-29(45-26)50(35(57)63-41(13,14)15)36(58)64-42(16,17)18/h43H,19-24H2,1-18H3,(H,44,52). The van der Waals surface area contributed by atoms with Crippen molar-refractivity contribution in [2.24, 2.45) is 0 Å². The first-order valence-electron chi connectivity index (χ1n) is 20.8. The van der Waals surface area contributed by atoms with Crippen LogP contribution in [0.4, 0.5) is 40.5 Å². The topological polar surface area (TPSA) is 258 Å². The number of hydrogen-bond donors (Lipinski definition) is 2. The summed E-state index contributed by atoms with van der Waals surface area (Å²) in [7, 11) is 0. The summed E-state index contributed by atoms with van der Waals surface area (Å²) in [6, 6.07) is 0. The number of amides is 5. The monoisotopic (exact) mass is 908 g/mol. The van der Waals surface area contributed by atoms with Gasteiger partial charge < -0.3 is 39.1 Å². The largest absolute Gasteiger partial charge is 0.444 e. The molecular formula is C42H68N8O14. The molecule has 22 nitrogen and oxygen atoms in total. The fourth-order valence-corrected chi connectivity index (χ4v) is 5.07. The van der Waals surface area contributed by atoms with Crippen molar-refractivity contribution < 1.29 is 57.2 Å². The van der Waals surface area contributed by atoms with Crippen molar-refractivity contribution in [1.82, 2.24) is 29.7 Å². The third-order valence-corrected chi connectivity index (χ3v) is 7.21. The molecule has 0 fully saturated rings. The fraction of sp³-hybridized carbons (Fsp3) is 0.714. The van der Waals surface area contributed by atoms with E-state index in [1.807, 2.05) is 0 Å². The molecule has 0 bridgehead atoms. The Balaban J connectivity index is 3.12. The molecule has 0 unspecified atom stereocenters. The minimum atomic E-state index is -1.45. The van der Waals surface area contributed by atoms with Gasteiger partial charge in [0.25, 0.3) is 5.56 Å². The van der Waals surface area contributed by atoms with Crippen LogP contribution in [-0.4, -0.2) is 109 Å². The summed E-state index contributed by atoms with van der Waals surface area (Å²) in [5.74, 6) is -1.88. The van der Waals surface area contributed by atoms with E-state index in [4.69, 9.17) is 28.4 Å². The minimum Gasteiger partial charge on any atom is -0.444 e. The second kappa shape index (κ2) is 20.4. The third kappa shape index (κ3) is 17.4. The molecule has 0 saturated heterocycles. The molecule has 360 valence electrons. The molecule has 2 rings (SSSR count). The van der Waals surface area contributed by atoms with Crippen LogP contribution >= 0.6 is 0 Å². The van der Waals surface area contributed by atoms with Crippen LogP contribution in [0.3, 0.4) is 0 Å². The highest BCUT2D eigenvalue weighted by molar-refractivity contribution is 6.14. The van der Waals surface area contributed by atoms with E-state index in [2.05, 4.69) is 20.6 Å². The minimum absolute atomic E-state index is 0.0284. The van der Waals surface area contributed by atoms with Crippen LogP contribution in [0.2, 0.25) is 0 Å². The molecule has 0 aromatic carbocycles. The van der Waals surface area contributed by atoms with E-state index in [1.165, 1.54) is 104 Å². The summed E-state index contributed by atoms with van der Waals surface area (Å²) in [6.07, 6.45) is -6.57. The fourth-order valence-electron chi connectivity index (χ4n) is 5.07. The molecule has 0 aliphatic carbocycles. The van der Waals surface area contributed by atoms with E-state index in [0.717, 1.165) is 4.57 Å². The predicted molar refractivity (Wildman–Crippen MR) is 236 cm³/mol. The number of carbonyl (C=O) groups excluding carboxylic acids is 6. The maximum atomic E-state index is 14.7. The van der Waals surface area contributed by atoms with Crippen molar-refractivity contribution in [1.29, 1.82) is 0 Å². The normalized spacial score (nSPS) is 12.5. The van der Waals surface area contributed by atoms with Crippen LogP contribution in [-0.2, 0) is 35.0 Å². The number of unbranched alkanes of at least 4 members (excludes halogenated alkanes) is 1. The SMILES string of the molecule is CC(C)(C)OC(=O)NCCCCNCCn1c(=O)n(C(=O)OC(C)(C)C)c(=O)c2c(N(C(=O)OC(C)(C)C)C(=O)OC(C)(C)C)nc(N(C(=O)OC(C)(C)C)C(=O)OC(C)(C)C)nc21. The molecule has 0 aliphatic rings. The average Bonchev–Trinajstić information content (AvgIpc) is 3.02. The van der Waals surface area contributed by atoms with Crippen molar-refractivity contribution in [3.05, 3.63) is 20.8 Å². The van der Waals surface area contributed by atoms with Gasteiger partial charge in [-0.15, -0.1) is 4.90 Å². The third-order valence-electron chi connectivity index (χ3n) is 7.21. The maximum absolute atomic E-state index is 14.7. The van der Waals surface area contributed by atoms with Gasteiger partial charge >= 0.3 is 42.2 Å². The first-order valence-corrected chi connectivity index (χ1v) is 20.8. The second-order valence-electron chi connectivity index (χ2n) is 20.6. The summed E-state index contributed by atoms with van der Waals surface area (Å²) < 4.78 is 33.9. The molecule has 2 aromatic rings. The molecule has 0 aliphatic heterocycles. The molecule has 2 heterocycles. The van der Waals surface area contributed by atoms with Gasteiger partial charge in [-0.1, -0.05) is 0 Å². The highest BCUT2D eigenvalue weighted by Crippen LogP contribution is 2.29. The molecule has 0 spiro atoms. The smallest absolute Gasteiger partial charge is 0.427 e. The number of carbonyl (C=O) groups is 6. The van der Waals surface area contributed by atoms with Crippen molar-refractivity contribution in [2.75, 3.05) is 29.4 Å². The van der Waals surface area contributed by atoms with Gasteiger partial charge in [-0.25, -0.2) is 33.6 Å². The number of rotatable bonds is 10. The first-order chi connectivity index (χ1) is 28.8. The van der Waals surface area contributed by atoms with Gasteiger partial charge in [-0.2, -0.15) is 19.4 Å². The Morgan fingerprint density at radius 2 is 0.938 bits per heavy atom. The van der Waals surface area contributed by atoms with Crippen molar-refractivity contribution in [3.8, 4) is 0 Å². The van der Waals surface area contributed by atoms with E-state index in [1.54, 1.807) is 20.8 Å². The van der Waals surface area contributed by atoms with Crippen LogP contribution in [0.1, 0.15) is 137 Å². The number of imide groups is 2. The number of nitrogens with zero attached hydrogens (tertiary/aromatic N) is 6. The molecule has 0 radical (unpaired) electrons. The molecule has 5 amide bonds. The number of hydrogen-bond acceptors (Lipinski definition) is 17. The van der Waals surface area contributed by atoms with Gasteiger partial charge in [-0.05, 0) is 144 Å². The Kier molecular flexibility index (Phi) is 17.3. The summed E-state index contributed by atoms with van der Waals surface area (Å²) in [4.78, 5) is 120. The molecule has 22 heteroatoms. The Bertz CT molecular complexity index is 2120. The Morgan fingerprint density at radius 3 is 1.36 bits per heavy atom. The van der Waals surface area contributed by atoms with Crippen LogP contribution in [0.25, 0.3) is 11.0 Å². The number of nitrogens with one attached hydrogen (secondary N) is 2. The zero-order chi connectivity index (χ0) is 49.6. The predicted octanol–water partition coefficient (Wildman–Crippen LogP) is 6.98. The van der Waals surface area contributed by atoms with Crippen LogP contribution in [0.15, 0.2) is 9.59 Å². The van der Waals surface area contributed by atoms with Gasteiger partial charge in [0.15, 0.2) is 11.5 Å². The van der Waals surface area contributed by atoms with Crippen LogP contribution in [0.5, 0.6) is 0 Å². The van der Waals surface area contributed by atoms with E-state index in [-0.39, 0.29) is 27.5 Å². The lowest BCUT2D eigenvalue weighted by molar-refractivity contribution is 0.0411. The zero-order valence-corrected chi connectivity index (χ0v) is 40.6. The van der Waals surface area contributed by atoms with Gasteiger partial charge in [0.05, 0.1) is 0 Å². The van der Waals surface area contributed by atoms with E-state index >= 15 is 0 Å². The zero-order valence-electron chi connectivity index (χ0n) is 40.6. The number of fused-ring (bicyclic) bond motifs is 1. The maximum Gasteiger partial charge on any atom is 0.427 e. The molecule has 2 N–H and O–H groups in total. The summed E-state index contributed by atoms with van der Waals surface area (Å²) in [5.41, 5.74) is -10.3. The van der Waals surface area contributed by atoms with Gasteiger partial charge in [0.2, 0.25) is 5.95 Å². The first kappa shape index (κ1) is 54.3. The highest BCUT2D eigenvalue weighted by atomic mass is 16.6. The quantitative estimate of drug-likeness (QED) is 0.180. The Hall–Kier alpha value is -5.80. The Morgan fingerprint density at radius 1 is 0.531 bits per heavy atom. The summed E-state index contributed by atoms with van der Waals surface area (Å²) >= 11 is 0. The molecule has 0 saturated carbocycles. The van der Waals surface area contributed by atoms with Gasteiger partial charge in [-0.3, -0.25) is 9.36 Å². The van der Waals surface area contributed by atoms with Crippen LogP contribution < -0.4 is 31.7 Å².